The first-order valence-electron chi connectivity index (χ1n) is 7.19. The number of carbonyl (C=O) groups is 1. The van der Waals surface area contributed by atoms with Crippen molar-refractivity contribution >= 4 is 23.2 Å². The van der Waals surface area contributed by atoms with Gasteiger partial charge in [0.05, 0.1) is 23.4 Å². The lowest BCUT2D eigenvalue weighted by molar-refractivity contribution is 0.0776. The van der Waals surface area contributed by atoms with Gasteiger partial charge in [-0.2, -0.15) is 0 Å². The number of benzene rings is 1. The number of fused-ring (bicyclic) bond motifs is 1. The van der Waals surface area contributed by atoms with E-state index in [1.807, 2.05) is 4.90 Å². The van der Waals surface area contributed by atoms with Gasteiger partial charge in [-0.1, -0.05) is 11.6 Å². The van der Waals surface area contributed by atoms with Gasteiger partial charge in [0.1, 0.15) is 5.75 Å². The summed E-state index contributed by atoms with van der Waals surface area (Å²) in [4.78, 5) is 14.6. The van der Waals surface area contributed by atoms with Crippen LogP contribution in [0.4, 0.5) is 5.69 Å². The first kappa shape index (κ1) is 14.5. The topological polar surface area (TPSA) is 81.6 Å². The standard InChI is InChI=1S/C15H20ClN3O2/c1-21-14-5-13(18)11(16)4-9(14)15(20)19-6-8-2-3-12(17)10(8)7-19/h4-5,8,10,12H,2-3,6-7,17-18H2,1H3. The largest absolute Gasteiger partial charge is 0.496 e. The summed E-state index contributed by atoms with van der Waals surface area (Å²) in [6.07, 6.45) is 2.17. The third-order valence-corrected chi connectivity index (χ3v) is 5.08. The highest BCUT2D eigenvalue weighted by molar-refractivity contribution is 6.33. The summed E-state index contributed by atoms with van der Waals surface area (Å²) in [5.41, 5.74) is 12.7. The van der Waals surface area contributed by atoms with Crippen molar-refractivity contribution in [2.45, 2.75) is 18.9 Å². The van der Waals surface area contributed by atoms with E-state index in [2.05, 4.69) is 0 Å². The first-order valence-corrected chi connectivity index (χ1v) is 7.57. The smallest absolute Gasteiger partial charge is 0.257 e. The normalized spacial score (nSPS) is 27.8. The summed E-state index contributed by atoms with van der Waals surface area (Å²) in [5.74, 6) is 1.35. The van der Waals surface area contributed by atoms with Crippen LogP contribution in [0.15, 0.2) is 12.1 Å². The lowest BCUT2D eigenvalue weighted by atomic mass is 9.98. The number of anilines is 1. The van der Waals surface area contributed by atoms with E-state index in [9.17, 15) is 4.79 Å². The molecule has 3 unspecified atom stereocenters. The molecule has 1 saturated carbocycles. The molecule has 3 rings (SSSR count). The maximum atomic E-state index is 12.7. The third-order valence-electron chi connectivity index (χ3n) is 4.75. The van der Waals surface area contributed by atoms with Gasteiger partial charge in [0, 0.05) is 25.2 Å². The molecule has 5 nitrogen and oxygen atoms in total. The van der Waals surface area contributed by atoms with Gasteiger partial charge >= 0.3 is 0 Å². The van der Waals surface area contributed by atoms with E-state index in [4.69, 9.17) is 27.8 Å². The number of likely N-dealkylation sites (tertiary alicyclic amines) is 1. The fourth-order valence-corrected chi connectivity index (χ4v) is 3.71. The second-order valence-corrected chi connectivity index (χ2v) is 6.36. The van der Waals surface area contributed by atoms with E-state index in [1.54, 1.807) is 12.1 Å². The molecule has 21 heavy (non-hydrogen) atoms. The van der Waals surface area contributed by atoms with E-state index < -0.39 is 0 Å². The van der Waals surface area contributed by atoms with E-state index in [0.29, 0.717) is 33.9 Å². The number of amides is 1. The molecule has 1 aromatic rings. The number of carbonyl (C=O) groups excluding carboxylic acids is 1. The van der Waals surface area contributed by atoms with Gasteiger partial charge in [-0.25, -0.2) is 0 Å². The zero-order valence-electron chi connectivity index (χ0n) is 12.0. The molecular formula is C15H20ClN3O2. The number of hydrogen-bond donors (Lipinski definition) is 2. The maximum Gasteiger partial charge on any atom is 0.257 e. The highest BCUT2D eigenvalue weighted by atomic mass is 35.5. The molecular weight excluding hydrogens is 290 g/mol. The molecule has 1 amide bonds. The molecule has 0 bridgehead atoms. The maximum absolute atomic E-state index is 12.7. The molecule has 1 heterocycles. The quantitative estimate of drug-likeness (QED) is 0.815. The number of nitrogen functional groups attached to an aromatic ring is 1. The Kier molecular flexibility index (Phi) is 3.71. The Hall–Kier alpha value is -1.46. The summed E-state index contributed by atoms with van der Waals surface area (Å²) < 4.78 is 5.27. The van der Waals surface area contributed by atoms with Crippen LogP contribution in [-0.4, -0.2) is 37.0 Å². The molecule has 1 aliphatic heterocycles. The minimum Gasteiger partial charge on any atom is -0.496 e. The Morgan fingerprint density at radius 1 is 1.38 bits per heavy atom. The average Bonchev–Trinajstić information content (AvgIpc) is 3.03. The van der Waals surface area contributed by atoms with Crippen molar-refractivity contribution in [3.05, 3.63) is 22.7 Å². The lowest BCUT2D eigenvalue weighted by Gasteiger charge is -2.20. The molecule has 114 valence electrons. The van der Waals surface area contributed by atoms with Gasteiger partial charge in [-0.3, -0.25) is 4.79 Å². The zero-order valence-corrected chi connectivity index (χ0v) is 12.8. The Labute approximate surface area is 129 Å². The Morgan fingerprint density at radius 3 is 2.81 bits per heavy atom. The molecule has 3 atom stereocenters. The molecule has 1 aliphatic carbocycles. The average molecular weight is 310 g/mol. The monoisotopic (exact) mass is 309 g/mol. The highest BCUT2D eigenvalue weighted by Gasteiger charge is 2.43. The van der Waals surface area contributed by atoms with Crippen molar-refractivity contribution in [1.82, 2.24) is 4.90 Å². The fourth-order valence-electron chi connectivity index (χ4n) is 3.55. The van der Waals surface area contributed by atoms with Crippen molar-refractivity contribution in [3.63, 3.8) is 0 Å². The molecule has 2 fully saturated rings. The van der Waals surface area contributed by atoms with Crippen LogP contribution < -0.4 is 16.2 Å². The Bertz CT molecular complexity index is 578. The van der Waals surface area contributed by atoms with Crippen LogP contribution in [0.2, 0.25) is 5.02 Å². The van der Waals surface area contributed by atoms with Crippen molar-refractivity contribution in [3.8, 4) is 5.75 Å². The molecule has 0 aromatic heterocycles. The van der Waals surface area contributed by atoms with Crippen LogP contribution in [0, 0.1) is 11.8 Å². The van der Waals surface area contributed by atoms with Gasteiger partial charge in [-0.05, 0) is 30.7 Å². The number of ether oxygens (including phenoxy) is 1. The minimum absolute atomic E-state index is 0.0599. The van der Waals surface area contributed by atoms with Gasteiger partial charge < -0.3 is 21.1 Å². The molecule has 1 aromatic carbocycles. The van der Waals surface area contributed by atoms with Crippen LogP contribution >= 0.6 is 11.6 Å². The van der Waals surface area contributed by atoms with Gasteiger partial charge in [0.25, 0.3) is 5.91 Å². The van der Waals surface area contributed by atoms with Crippen molar-refractivity contribution in [1.29, 1.82) is 0 Å². The minimum atomic E-state index is -0.0599. The fraction of sp³-hybridized carbons (Fsp3) is 0.533. The number of halogens is 1. The van der Waals surface area contributed by atoms with E-state index >= 15 is 0 Å². The number of nitrogens with zero attached hydrogens (tertiary/aromatic N) is 1. The van der Waals surface area contributed by atoms with Crippen molar-refractivity contribution in [2.75, 3.05) is 25.9 Å². The van der Waals surface area contributed by atoms with Crippen LogP contribution in [0.3, 0.4) is 0 Å². The Balaban J connectivity index is 1.85. The van der Waals surface area contributed by atoms with E-state index in [0.717, 1.165) is 25.9 Å². The summed E-state index contributed by atoms with van der Waals surface area (Å²) in [7, 11) is 1.52. The molecule has 0 spiro atoms. The number of methoxy groups -OCH3 is 1. The van der Waals surface area contributed by atoms with Crippen LogP contribution in [0.1, 0.15) is 23.2 Å². The molecule has 0 radical (unpaired) electrons. The van der Waals surface area contributed by atoms with Crippen LogP contribution in [-0.2, 0) is 0 Å². The lowest BCUT2D eigenvalue weighted by Crippen LogP contribution is -2.33. The second kappa shape index (κ2) is 5.39. The van der Waals surface area contributed by atoms with Gasteiger partial charge in [0.15, 0.2) is 0 Å². The molecule has 4 N–H and O–H groups in total. The molecule has 2 aliphatic rings. The van der Waals surface area contributed by atoms with Crippen molar-refractivity contribution in [2.24, 2.45) is 17.6 Å². The summed E-state index contributed by atoms with van der Waals surface area (Å²) in [6, 6.07) is 3.40. The first-order chi connectivity index (χ1) is 10.0. The summed E-state index contributed by atoms with van der Waals surface area (Å²) >= 11 is 6.04. The zero-order chi connectivity index (χ0) is 15.1. The summed E-state index contributed by atoms with van der Waals surface area (Å²) in [5, 5.41) is 0.371. The predicted molar refractivity (Wildman–Crippen MR) is 82.5 cm³/mol. The van der Waals surface area contributed by atoms with Crippen molar-refractivity contribution < 1.29 is 9.53 Å². The highest BCUT2D eigenvalue weighted by Crippen LogP contribution is 2.38. The third kappa shape index (κ3) is 2.45. The molecule has 6 heteroatoms. The van der Waals surface area contributed by atoms with Crippen LogP contribution in [0.5, 0.6) is 5.75 Å². The number of hydrogen-bond acceptors (Lipinski definition) is 4. The van der Waals surface area contributed by atoms with Gasteiger partial charge in [0.2, 0.25) is 0 Å². The van der Waals surface area contributed by atoms with Crippen LogP contribution in [0.25, 0.3) is 0 Å². The second-order valence-electron chi connectivity index (χ2n) is 5.95. The summed E-state index contributed by atoms with van der Waals surface area (Å²) in [6.45, 7) is 1.48. The predicted octanol–water partition coefficient (Wildman–Crippen LogP) is 1.74. The molecule has 1 saturated heterocycles. The SMILES string of the molecule is COc1cc(N)c(Cl)cc1C(=O)N1CC2CCC(N)C2C1. The van der Waals surface area contributed by atoms with E-state index in [1.165, 1.54) is 7.11 Å². The Morgan fingerprint density at radius 2 is 2.14 bits per heavy atom. The van der Waals surface area contributed by atoms with Gasteiger partial charge in [-0.15, -0.1) is 0 Å². The van der Waals surface area contributed by atoms with E-state index in [-0.39, 0.29) is 11.9 Å². The number of nitrogens with two attached hydrogens (primary N) is 2. The number of rotatable bonds is 2.